The number of rotatable bonds is 5. The molecule has 0 aliphatic heterocycles. The van der Waals surface area contributed by atoms with Crippen molar-refractivity contribution in [1.29, 1.82) is 0 Å². The Morgan fingerprint density at radius 3 is 2.23 bits per heavy atom. The van der Waals surface area contributed by atoms with Gasteiger partial charge in [-0.2, -0.15) is 0 Å². The maximum absolute atomic E-state index is 5.60. The van der Waals surface area contributed by atoms with Crippen LogP contribution in [0.15, 0.2) is 24.3 Å². The maximum atomic E-state index is 5.60. The lowest BCUT2D eigenvalue weighted by atomic mass is 10.0. The van der Waals surface area contributed by atoms with Crippen LogP contribution >= 0.6 is 0 Å². The first-order valence-electron chi connectivity index (χ1n) is 7.74. The molecule has 0 saturated carbocycles. The van der Waals surface area contributed by atoms with Gasteiger partial charge in [0, 0.05) is 17.9 Å². The number of aryl methyl sites for hydroxylation is 2. The molecule has 0 N–H and O–H groups in total. The average Bonchev–Trinajstić information content (AvgIpc) is 2.47. The van der Waals surface area contributed by atoms with Crippen LogP contribution in [0.25, 0.3) is 0 Å². The molecule has 2 rings (SSSR count). The van der Waals surface area contributed by atoms with E-state index >= 15 is 0 Å². The molecule has 0 spiro atoms. The van der Waals surface area contributed by atoms with Gasteiger partial charge in [0.25, 0.3) is 0 Å². The lowest BCUT2D eigenvalue weighted by molar-refractivity contribution is 0.414. The first kappa shape index (κ1) is 16.3. The molecule has 1 aromatic carbocycles. The summed E-state index contributed by atoms with van der Waals surface area (Å²) in [5.41, 5.74) is 4.20. The fourth-order valence-electron chi connectivity index (χ4n) is 2.52. The molecule has 0 bridgehead atoms. The third kappa shape index (κ3) is 3.38. The van der Waals surface area contributed by atoms with Crippen LogP contribution in [-0.4, -0.2) is 23.6 Å². The summed E-state index contributed by atoms with van der Waals surface area (Å²) in [5.74, 6) is 2.04. The van der Waals surface area contributed by atoms with Crippen LogP contribution in [0.5, 0.6) is 5.75 Å². The molecule has 0 radical (unpaired) electrons. The van der Waals surface area contributed by atoms with E-state index in [1.54, 1.807) is 7.11 Å². The van der Waals surface area contributed by atoms with E-state index in [-0.39, 0.29) is 0 Å². The van der Waals surface area contributed by atoms with Crippen LogP contribution < -0.4 is 9.64 Å². The molecule has 0 amide bonds. The monoisotopic (exact) mass is 299 g/mol. The molecule has 0 fully saturated rings. The SMILES string of the molecule is CCN(c1nc(C)cc(C)n1)c1ccc(C(C)C)cc1OC. The van der Waals surface area contributed by atoms with E-state index in [9.17, 15) is 0 Å². The molecule has 0 saturated heterocycles. The molecule has 4 nitrogen and oxygen atoms in total. The Kier molecular flexibility index (Phi) is 5.01. The van der Waals surface area contributed by atoms with Crippen molar-refractivity contribution in [2.24, 2.45) is 0 Å². The average molecular weight is 299 g/mol. The van der Waals surface area contributed by atoms with Crippen molar-refractivity contribution < 1.29 is 4.74 Å². The third-order valence-electron chi connectivity index (χ3n) is 3.69. The number of nitrogens with zero attached hydrogens (tertiary/aromatic N) is 3. The van der Waals surface area contributed by atoms with Gasteiger partial charge >= 0.3 is 0 Å². The van der Waals surface area contributed by atoms with Crippen molar-refractivity contribution in [2.75, 3.05) is 18.6 Å². The highest BCUT2D eigenvalue weighted by atomic mass is 16.5. The zero-order valence-electron chi connectivity index (χ0n) is 14.3. The molecule has 2 aromatic rings. The van der Waals surface area contributed by atoms with Gasteiger partial charge in [-0.1, -0.05) is 19.9 Å². The van der Waals surface area contributed by atoms with Crippen LogP contribution in [0.2, 0.25) is 0 Å². The van der Waals surface area contributed by atoms with Crippen molar-refractivity contribution in [3.8, 4) is 5.75 Å². The highest BCUT2D eigenvalue weighted by molar-refractivity contribution is 5.66. The van der Waals surface area contributed by atoms with Gasteiger partial charge in [-0.3, -0.25) is 0 Å². The van der Waals surface area contributed by atoms with Crippen LogP contribution in [0.3, 0.4) is 0 Å². The van der Waals surface area contributed by atoms with Gasteiger partial charge in [-0.25, -0.2) is 9.97 Å². The number of aromatic nitrogens is 2. The predicted octanol–water partition coefficient (Wildman–Crippen LogP) is 4.38. The summed E-state index contributed by atoms with van der Waals surface area (Å²) in [6.07, 6.45) is 0. The van der Waals surface area contributed by atoms with Crippen LogP contribution in [0.1, 0.15) is 43.6 Å². The van der Waals surface area contributed by atoms with Gasteiger partial charge in [0.2, 0.25) is 5.95 Å². The highest BCUT2D eigenvalue weighted by Crippen LogP contribution is 2.34. The maximum Gasteiger partial charge on any atom is 0.230 e. The largest absolute Gasteiger partial charge is 0.495 e. The predicted molar refractivity (Wildman–Crippen MR) is 91.3 cm³/mol. The zero-order chi connectivity index (χ0) is 16.3. The Morgan fingerprint density at radius 1 is 1.09 bits per heavy atom. The summed E-state index contributed by atoms with van der Waals surface area (Å²) < 4.78 is 5.60. The number of benzene rings is 1. The lowest BCUT2D eigenvalue weighted by Gasteiger charge is -2.24. The van der Waals surface area contributed by atoms with Crippen LogP contribution in [-0.2, 0) is 0 Å². The summed E-state index contributed by atoms with van der Waals surface area (Å²) in [6.45, 7) is 11.2. The van der Waals surface area contributed by atoms with Gasteiger partial charge in [0.1, 0.15) is 5.75 Å². The highest BCUT2D eigenvalue weighted by Gasteiger charge is 2.17. The minimum absolute atomic E-state index is 0.468. The second-order valence-electron chi connectivity index (χ2n) is 5.78. The van der Waals surface area contributed by atoms with E-state index in [0.29, 0.717) is 5.92 Å². The van der Waals surface area contributed by atoms with Gasteiger partial charge in [-0.15, -0.1) is 0 Å². The first-order valence-corrected chi connectivity index (χ1v) is 7.74. The summed E-state index contributed by atoms with van der Waals surface area (Å²) in [5, 5.41) is 0. The number of ether oxygens (including phenoxy) is 1. The van der Waals surface area contributed by atoms with E-state index in [0.717, 1.165) is 35.3 Å². The number of hydrogen-bond acceptors (Lipinski definition) is 4. The molecule has 0 aliphatic rings. The first-order chi connectivity index (χ1) is 10.5. The van der Waals surface area contributed by atoms with Crippen molar-refractivity contribution in [3.63, 3.8) is 0 Å². The minimum Gasteiger partial charge on any atom is -0.495 e. The van der Waals surface area contributed by atoms with Gasteiger partial charge in [-0.05, 0) is 50.5 Å². The fraction of sp³-hybridized carbons (Fsp3) is 0.444. The van der Waals surface area contributed by atoms with E-state index in [1.807, 2.05) is 19.9 Å². The minimum atomic E-state index is 0.468. The lowest BCUT2D eigenvalue weighted by Crippen LogP contribution is -2.20. The summed E-state index contributed by atoms with van der Waals surface area (Å²) in [6, 6.07) is 8.33. The van der Waals surface area contributed by atoms with Crippen LogP contribution in [0.4, 0.5) is 11.6 Å². The van der Waals surface area contributed by atoms with E-state index in [1.165, 1.54) is 5.56 Å². The van der Waals surface area contributed by atoms with Crippen molar-refractivity contribution in [1.82, 2.24) is 9.97 Å². The second-order valence-corrected chi connectivity index (χ2v) is 5.78. The second kappa shape index (κ2) is 6.77. The molecule has 4 heteroatoms. The Bertz CT molecular complexity index is 633. The molecule has 22 heavy (non-hydrogen) atoms. The zero-order valence-corrected chi connectivity index (χ0v) is 14.3. The number of hydrogen-bond donors (Lipinski definition) is 0. The molecule has 0 aliphatic carbocycles. The Morgan fingerprint density at radius 2 is 1.73 bits per heavy atom. The van der Waals surface area contributed by atoms with E-state index in [2.05, 4.69) is 53.8 Å². The number of methoxy groups -OCH3 is 1. The summed E-state index contributed by atoms with van der Waals surface area (Å²) in [4.78, 5) is 11.2. The molecule has 118 valence electrons. The van der Waals surface area contributed by atoms with Gasteiger partial charge < -0.3 is 9.64 Å². The van der Waals surface area contributed by atoms with Gasteiger partial charge in [0.05, 0.1) is 12.8 Å². The standard InChI is InChI=1S/C18H25N3O/c1-7-21(18-19-13(4)10-14(5)20-18)16-9-8-15(12(2)3)11-17(16)22-6/h8-12H,7H2,1-6H3. The van der Waals surface area contributed by atoms with E-state index < -0.39 is 0 Å². The quantitative estimate of drug-likeness (QED) is 0.821. The Balaban J connectivity index is 2.51. The van der Waals surface area contributed by atoms with E-state index in [4.69, 9.17) is 4.74 Å². The normalized spacial score (nSPS) is 10.9. The third-order valence-corrected chi connectivity index (χ3v) is 3.69. The molecular weight excluding hydrogens is 274 g/mol. The molecule has 0 atom stereocenters. The molecular formula is C18H25N3O. The summed E-state index contributed by atoms with van der Waals surface area (Å²) in [7, 11) is 1.71. The molecule has 0 unspecified atom stereocenters. The molecule has 1 aromatic heterocycles. The Labute approximate surface area is 133 Å². The van der Waals surface area contributed by atoms with Gasteiger partial charge in [0.15, 0.2) is 0 Å². The summed E-state index contributed by atoms with van der Waals surface area (Å²) >= 11 is 0. The topological polar surface area (TPSA) is 38.2 Å². The smallest absolute Gasteiger partial charge is 0.230 e. The van der Waals surface area contributed by atoms with Crippen LogP contribution in [0, 0.1) is 13.8 Å². The Hall–Kier alpha value is -2.10. The van der Waals surface area contributed by atoms with Crippen molar-refractivity contribution >= 4 is 11.6 Å². The molecule has 1 heterocycles. The fourth-order valence-corrected chi connectivity index (χ4v) is 2.52. The van der Waals surface area contributed by atoms with Crippen molar-refractivity contribution in [2.45, 2.75) is 40.5 Å². The van der Waals surface area contributed by atoms with Crippen molar-refractivity contribution in [3.05, 3.63) is 41.2 Å². The number of anilines is 2.